The van der Waals surface area contributed by atoms with Crippen molar-refractivity contribution >= 4 is 11.7 Å². The van der Waals surface area contributed by atoms with Crippen LogP contribution in [0.4, 0.5) is 0 Å². The van der Waals surface area contributed by atoms with Crippen LogP contribution in [0.25, 0.3) is 0 Å². The number of hydrogen-bond donors (Lipinski definition) is 1. The monoisotopic (exact) mass is 337 g/mol. The highest BCUT2D eigenvalue weighted by Crippen LogP contribution is 2.48. The van der Waals surface area contributed by atoms with Gasteiger partial charge in [-0.1, -0.05) is 30.3 Å². The van der Waals surface area contributed by atoms with Crippen LogP contribution in [-0.2, 0) is 4.79 Å². The minimum absolute atomic E-state index is 0.166. The van der Waals surface area contributed by atoms with Gasteiger partial charge in [-0.05, 0) is 25.1 Å². The molecule has 1 saturated heterocycles. The van der Waals surface area contributed by atoms with E-state index < -0.39 is 11.6 Å². The number of amides is 1. The topological polar surface area (TPSA) is 64.6 Å². The molecule has 0 spiro atoms. The molecule has 25 heavy (non-hydrogen) atoms. The first-order valence-corrected chi connectivity index (χ1v) is 8.29. The van der Waals surface area contributed by atoms with Gasteiger partial charge in [-0.2, -0.15) is 0 Å². The Labute approximate surface area is 145 Å². The summed E-state index contributed by atoms with van der Waals surface area (Å²) in [5.74, 6) is -0.106. The molecule has 2 aromatic rings. The van der Waals surface area contributed by atoms with E-state index in [9.17, 15) is 9.59 Å². The molecule has 2 aliphatic rings. The fourth-order valence-electron chi connectivity index (χ4n) is 3.83. The lowest BCUT2D eigenvalue weighted by Crippen LogP contribution is -2.61. The number of rotatable bonds is 3. The Bertz CT molecular complexity index is 848. The van der Waals surface area contributed by atoms with Gasteiger partial charge in [0.05, 0.1) is 7.11 Å². The minimum Gasteiger partial charge on any atom is -0.497 e. The van der Waals surface area contributed by atoms with E-state index in [4.69, 9.17) is 9.47 Å². The largest absolute Gasteiger partial charge is 0.497 e. The lowest BCUT2D eigenvalue weighted by atomic mass is 9.72. The predicted octanol–water partition coefficient (Wildman–Crippen LogP) is 2.91. The molecule has 4 rings (SSSR count). The lowest BCUT2D eigenvalue weighted by molar-refractivity contribution is -0.137. The Morgan fingerprint density at radius 3 is 2.72 bits per heavy atom. The van der Waals surface area contributed by atoms with Crippen LogP contribution in [-0.4, -0.2) is 24.5 Å². The fraction of sp³-hybridized carbons (Fsp3) is 0.300. The number of hydrogen-bond acceptors (Lipinski definition) is 4. The number of fused-ring (bicyclic) bond motifs is 4. The van der Waals surface area contributed by atoms with Crippen LogP contribution in [0, 0.1) is 5.92 Å². The fourth-order valence-corrected chi connectivity index (χ4v) is 3.83. The zero-order chi connectivity index (χ0) is 17.6. The van der Waals surface area contributed by atoms with Crippen molar-refractivity contribution in [1.82, 2.24) is 5.32 Å². The second-order valence-electron chi connectivity index (χ2n) is 6.74. The number of methoxy groups -OCH3 is 1. The van der Waals surface area contributed by atoms with Gasteiger partial charge >= 0.3 is 0 Å². The van der Waals surface area contributed by atoms with Crippen molar-refractivity contribution in [3.8, 4) is 11.5 Å². The van der Waals surface area contributed by atoms with E-state index in [-0.39, 0.29) is 17.6 Å². The second-order valence-corrected chi connectivity index (χ2v) is 6.74. The van der Waals surface area contributed by atoms with Crippen molar-refractivity contribution in [3.63, 3.8) is 0 Å². The van der Waals surface area contributed by atoms with Gasteiger partial charge in [0.1, 0.15) is 17.4 Å². The van der Waals surface area contributed by atoms with E-state index in [1.165, 1.54) is 0 Å². The number of nitrogens with one attached hydrogen (secondary N) is 1. The molecule has 2 aliphatic heterocycles. The third kappa shape index (κ3) is 2.56. The number of carbonyl (C=O) groups excluding carboxylic acids is 2. The van der Waals surface area contributed by atoms with Crippen LogP contribution in [0.5, 0.6) is 11.5 Å². The average molecular weight is 337 g/mol. The van der Waals surface area contributed by atoms with Gasteiger partial charge in [0.15, 0.2) is 11.5 Å². The van der Waals surface area contributed by atoms with Crippen molar-refractivity contribution in [2.24, 2.45) is 5.92 Å². The summed E-state index contributed by atoms with van der Waals surface area (Å²) in [7, 11) is 1.59. The summed E-state index contributed by atoms with van der Waals surface area (Å²) in [6.45, 7) is 1.84. The molecule has 3 atom stereocenters. The Balaban J connectivity index is 1.80. The van der Waals surface area contributed by atoms with Gasteiger partial charge in [0.2, 0.25) is 5.91 Å². The number of ketones is 1. The zero-order valence-electron chi connectivity index (χ0n) is 14.1. The van der Waals surface area contributed by atoms with Crippen LogP contribution in [0.2, 0.25) is 0 Å². The highest BCUT2D eigenvalue weighted by Gasteiger charge is 2.51. The molecule has 2 heterocycles. The number of Topliss-reactive ketones (excluding diaryl/α,β-unsaturated/α-hetero) is 1. The second kappa shape index (κ2) is 5.62. The third-order valence-electron chi connectivity index (χ3n) is 4.97. The van der Waals surface area contributed by atoms with E-state index in [1.54, 1.807) is 31.4 Å². The summed E-state index contributed by atoms with van der Waals surface area (Å²) in [4.78, 5) is 25.8. The van der Waals surface area contributed by atoms with E-state index >= 15 is 0 Å². The normalized spacial score (nSPS) is 26.9. The number of carbonyl (C=O) groups is 2. The molecular weight excluding hydrogens is 318 g/mol. The molecule has 0 saturated carbocycles. The summed E-state index contributed by atoms with van der Waals surface area (Å²) in [5, 5.41) is 2.88. The Hall–Kier alpha value is -2.82. The van der Waals surface area contributed by atoms with Crippen molar-refractivity contribution in [2.45, 2.75) is 25.0 Å². The van der Waals surface area contributed by atoms with E-state index in [2.05, 4.69) is 5.32 Å². The lowest BCUT2D eigenvalue weighted by Gasteiger charge is -2.46. The average Bonchev–Trinajstić information content (AvgIpc) is 2.61. The molecule has 5 nitrogen and oxygen atoms in total. The molecule has 0 unspecified atom stereocenters. The van der Waals surface area contributed by atoms with Crippen LogP contribution in [0.3, 0.4) is 0 Å². The summed E-state index contributed by atoms with van der Waals surface area (Å²) >= 11 is 0. The molecule has 128 valence electrons. The molecule has 1 fully saturated rings. The van der Waals surface area contributed by atoms with Gasteiger partial charge in [-0.3, -0.25) is 9.59 Å². The molecule has 2 aromatic carbocycles. The number of benzene rings is 2. The van der Waals surface area contributed by atoms with Crippen LogP contribution >= 0.6 is 0 Å². The van der Waals surface area contributed by atoms with Gasteiger partial charge in [-0.15, -0.1) is 0 Å². The van der Waals surface area contributed by atoms with Crippen molar-refractivity contribution in [1.29, 1.82) is 0 Å². The maximum absolute atomic E-state index is 13.0. The summed E-state index contributed by atoms with van der Waals surface area (Å²) < 4.78 is 11.3. The Morgan fingerprint density at radius 2 is 2.00 bits per heavy atom. The first kappa shape index (κ1) is 15.7. The minimum atomic E-state index is -0.795. The van der Waals surface area contributed by atoms with E-state index in [1.807, 2.05) is 31.2 Å². The molecular formula is C20H19NO4. The Kier molecular flexibility index (Phi) is 3.53. The molecule has 1 N–H and O–H groups in total. The SMILES string of the molecule is COc1ccc2c(c1)[C@H]1C[C@@](C)(NC(=O)[C@@H]1C(=O)c1ccccc1)O2. The summed E-state index contributed by atoms with van der Waals surface area (Å²) in [6, 6.07) is 14.5. The van der Waals surface area contributed by atoms with Crippen molar-refractivity contribution < 1.29 is 19.1 Å². The van der Waals surface area contributed by atoms with Crippen molar-refractivity contribution in [2.75, 3.05) is 7.11 Å². The molecule has 1 amide bonds. The quantitative estimate of drug-likeness (QED) is 0.691. The zero-order valence-corrected chi connectivity index (χ0v) is 14.1. The van der Waals surface area contributed by atoms with Gasteiger partial charge < -0.3 is 14.8 Å². The van der Waals surface area contributed by atoms with Crippen LogP contribution in [0.1, 0.15) is 35.2 Å². The van der Waals surface area contributed by atoms with Crippen molar-refractivity contribution in [3.05, 3.63) is 59.7 Å². The molecule has 2 bridgehead atoms. The molecule has 0 aromatic heterocycles. The standard InChI is InChI=1S/C20H19NO4/c1-20-11-15(14-10-13(24-2)8-9-16(14)25-20)17(19(23)21-20)18(22)12-6-4-3-5-7-12/h3-10,15,17H,11H2,1-2H3,(H,21,23)/t15-,17+,20+/m1/s1. The smallest absolute Gasteiger partial charge is 0.234 e. The third-order valence-corrected chi connectivity index (χ3v) is 4.97. The Morgan fingerprint density at radius 1 is 1.24 bits per heavy atom. The van der Waals surface area contributed by atoms with E-state index in [0.717, 1.165) is 5.56 Å². The number of piperidine rings is 1. The van der Waals surface area contributed by atoms with Gasteiger partial charge in [0, 0.05) is 23.5 Å². The predicted molar refractivity (Wildman–Crippen MR) is 91.8 cm³/mol. The summed E-state index contributed by atoms with van der Waals surface area (Å²) in [5.41, 5.74) is 0.597. The molecule has 0 aliphatic carbocycles. The maximum atomic E-state index is 13.0. The summed E-state index contributed by atoms with van der Waals surface area (Å²) in [6.07, 6.45) is 0.544. The first-order chi connectivity index (χ1) is 12.0. The van der Waals surface area contributed by atoms with Crippen LogP contribution in [0.15, 0.2) is 48.5 Å². The molecule has 5 heteroatoms. The van der Waals surface area contributed by atoms with Gasteiger partial charge in [0.25, 0.3) is 0 Å². The highest BCUT2D eigenvalue weighted by molar-refractivity contribution is 6.11. The first-order valence-electron chi connectivity index (χ1n) is 8.29. The van der Waals surface area contributed by atoms with E-state index in [0.29, 0.717) is 23.5 Å². The number of ether oxygens (including phenoxy) is 2. The molecule has 0 radical (unpaired) electrons. The maximum Gasteiger partial charge on any atom is 0.234 e. The highest BCUT2D eigenvalue weighted by atomic mass is 16.5. The van der Waals surface area contributed by atoms with Gasteiger partial charge in [-0.25, -0.2) is 0 Å². The van der Waals surface area contributed by atoms with Crippen LogP contribution < -0.4 is 14.8 Å².